The third-order valence-electron chi connectivity index (χ3n) is 2.80. The lowest BCUT2D eigenvalue weighted by atomic mass is 10.1. The van der Waals surface area contributed by atoms with Gasteiger partial charge < -0.3 is 14.6 Å². The summed E-state index contributed by atoms with van der Waals surface area (Å²) in [5.74, 6) is 0.184. The van der Waals surface area contributed by atoms with E-state index in [4.69, 9.17) is 16.3 Å². The Balaban J connectivity index is 2.17. The normalized spacial score (nSPS) is 11.8. The van der Waals surface area contributed by atoms with Gasteiger partial charge in [0.05, 0.1) is 25.4 Å². The van der Waals surface area contributed by atoms with E-state index in [0.29, 0.717) is 18.1 Å². The summed E-state index contributed by atoms with van der Waals surface area (Å²) in [6, 6.07) is 7.13. The number of halogens is 1. The molecule has 1 aromatic rings. The first-order valence-electron chi connectivity index (χ1n) is 6.38. The van der Waals surface area contributed by atoms with Gasteiger partial charge in [-0.3, -0.25) is 0 Å². The van der Waals surface area contributed by atoms with E-state index in [9.17, 15) is 9.90 Å². The number of aliphatic hydroxyl groups is 1. The second-order valence-electron chi connectivity index (χ2n) is 4.33. The van der Waals surface area contributed by atoms with Crippen molar-refractivity contribution in [2.75, 3.05) is 13.7 Å². The standard InChI is InChI=1S/C15H19ClO4/c1-11(15(18)19-2)14(17)5-3-4-10-20-13-8-6-12(16)7-9-13/h6-9,14,17H,1,3-5,10H2,2H3. The smallest absolute Gasteiger partial charge is 0.335 e. The molecule has 0 aliphatic carbocycles. The number of hydrogen-bond donors (Lipinski definition) is 1. The van der Waals surface area contributed by atoms with Gasteiger partial charge in [0.2, 0.25) is 0 Å². The molecule has 0 spiro atoms. The molecule has 0 fully saturated rings. The number of ether oxygens (including phenoxy) is 2. The molecule has 20 heavy (non-hydrogen) atoms. The summed E-state index contributed by atoms with van der Waals surface area (Å²) in [6.07, 6.45) is 1.09. The molecule has 1 atom stereocenters. The number of esters is 1. The number of benzene rings is 1. The molecule has 1 unspecified atom stereocenters. The van der Waals surface area contributed by atoms with Gasteiger partial charge in [-0.2, -0.15) is 0 Å². The maximum Gasteiger partial charge on any atom is 0.335 e. The van der Waals surface area contributed by atoms with Gasteiger partial charge in [0, 0.05) is 5.02 Å². The Kier molecular flexibility index (Phi) is 7.12. The van der Waals surface area contributed by atoms with Crippen LogP contribution in [0.4, 0.5) is 0 Å². The fourth-order valence-electron chi connectivity index (χ4n) is 1.60. The van der Waals surface area contributed by atoms with Gasteiger partial charge in [-0.1, -0.05) is 18.2 Å². The average Bonchev–Trinajstić information content (AvgIpc) is 2.47. The Bertz CT molecular complexity index is 442. The van der Waals surface area contributed by atoms with Crippen LogP contribution in [-0.4, -0.2) is 30.9 Å². The molecular formula is C15H19ClO4. The fourth-order valence-corrected chi connectivity index (χ4v) is 1.73. The summed E-state index contributed by atoms with van der Waals surface area (Å²) in [5.41, 5.74) is 0.0890. The maximum atomic E-state index is 11.1. The topological polar surface area (TPSA) is 55.8 Å². The number of rotatable bonds is 8. The van der Waals surface area contributed by atoms with E-state index in [0.717, 1.165) is 18.6 Å². The van der Waals surface area contributed by atoms with E-state index in [-0.39, 0.29) is 5.57 Å². The Morgan fingerprint density at radius 2 is 2.00 bits per heavy atom. The summed E-state index contributed by atoms with van der Waals surface area (Å²) < 4.78 is 10.0. The lowest BCUT2D eigenvalue weighted by Crippen LogP contribution is -2.18. The second kappa shape index (κ2) is 8.61. The molecule has 1 rings (SSSR count). The minimum absolute atomic E-state index is 0.0890. The average molecular weight is 299 g/mol. The number of hydrogen-bond acceptors (Lipinski definition) is 4. The van der Waals surface area contributed by atoms with E-state index in [1.54, 1.807) is 24.3 Å². The van der Waals surface area contributed by atoms with Crippen LogP contribution in [-0.2, 0) is 9.53 Å². The van der Waals surface area contributed by atoms with Crippen LogP contribution in [0.15, 0.2) is 36.4 Å². The zero-order chi connectivity index (χ0) is 15.0. The van der Waals surface area contributed by atoms with E-state index in [1.165, 1.54) is 7.11 Å². The Morgan fingerprint density at radius 3 is 2.60 bits per heavy atom. The lowest BCUT2D eigenvalue weighted by Gasteiger charge is -2.12. The quantitative estimate of drug-likeness (QED) is 0.455. The van der Waals surface area contributed by atoms with Crippen molar-refractivity contribution in [3.63, 3.8) is 0 Å². The number of methoxy groups -OCH3 is 1. The van der Waals surface area contributed by atoms with Crippen molar-refractivity contribution in [1.82, 2.24) is 0 Å². The maximum absolute atomic E-state index is 11.1. The fraction of sp³-hybridized carbons (Fsp3) is 0.400. The predicted molar refractivity (Wildman–Crippen MR) is 78.0 cm³/mol. The molecular weight excluding hydrogens is 280 g/mol. The first-order valence-corrected chi connectivity index (χ1v) is 6.76. The summed E-state index contributed by atoms with van der Waals surface area (Å²) in [4.78, 5) is 11.1. The highest BCUT2D eigenvalue weighted by atomic mass is 35.5. The summed E-state index contributed by atoms with van der Waals surface area (Å²) >= 11 is 5.77. The molecule has 0 saturated carbocycles. The van der Waals surface area contributed by atoms with Crippen molar-refractivity contribution >= 4 is 17.6 Å². The van der Waals surface area contributed by atoms with Crippen LogP contribution in [0.5, 0.6) is 5.75 Å². The van der Waals surface area contributed by atoms with Crippen molar-refractivity contribution in [2.45, 2.75) is 25.4 Å². The molecule has 0 heterocycles. The van der Waals surface area contributed by atoms with Gasteiger partial charge in [-0.15, -0.1) is 0 Å². The van der Waals surface area contributed by atoms with Gasteiger partial charge >= 0.3 is 5.97 Å². The molecule has 1 aromatic carbocycles. The van der Waals surface area contributed by atoms with E-state index < -0.39 is 12.1 Å². The number of unbranched alkanes of at least 4 members (excludes halogenated alkanes) is 1. The van der Waals surface area contributed by atoms with Crippen LogP contribution in [0.3, 0.4) is 0 Å². The number of carbonyl (C=O) groups is 1. The molecule has 4 nitrogen and oxygen atoms in total. The van der Waals surface area contributed by atoms with Crippen molar-refractivity contribution in [2.24, 2.45) is 0 Å². The van der Waals surface area contributed by atoms with Crippen LogP contribution >= 0.6 is 11.6 Å². The number of carbonyl (C=O) groups excluding carboxylic acids is 1. The van der Waals surface area contributed by atoms with Gasteiger partial charge in [0.25, 0.3) is 0 Å². The van der Waals surface area contributed by atoms with Crippen LogP contribution in [0, 0.1) is 0 Å². The van der Waals surface area contributed by atoms with Gasteiger partial charge in [-0.05, 0) is 43.5 Å². The SMILES string of the molecule is C=C(C(=O)OC)C(O)CCCCOc1ccc(Cl)cc1. The summed E-state index contributed by atoms with van der Waals surface area (Å²) in [6.45, 7) is 4.05. The van der Waals surface area contributed by atoms with Crippen molar-refractivity contribution < 1.29 is 19.4 Å². The lowest BCUT2D eigenvalue weighted by molar-refractivity contribution is -0.137. The molecule has 0 saturated heterocycles. The molecule has 0 aliphatic heterocycles. The molecule has 1 N–H and O–H groups in total. The summed E-state index contributed by atoms with van der Waals surface area (Å²) in [7, 11) is 1.26. The van der Waals surface area contributed by atoms with E-state index >= 15 is 0 Å². The van der Waals surface area contributed by atoms with Crippen LogP contribution < -0.4 is 4.74 Å². The van der Waals surface area contributed by atoms with Crippen molar-refractivity contribution in [3.05, 3.63) is 41.4 Å². The third-order valence-corrected chi connectivity index (χ3v) is 3.06. The van der Waals surface area contributed by atoms with Crippen LogP contribution in [0.1, 0.15) is 19.3 Å². The summed E-state index contributed by atoms with van der Waals surface area (Å²) in [5, 5.41) is 10.4. The molecule has 5 heteroatoms. The predicted octanol–water partition coefficient (Wildman–Crippen LogP) is 2.98. The van der Waals surface area contributed by atoms with Crippen LogP contribution in [0.2, 0.25) is 5.02 Å². The molecule has 0 aliphatic rings. The van der Waals surface area contributed by atoms with Crippen LogP contribution in [0.25, 0.3) is 0 Å². The third kappa shape index (κ3) is 5.63. The molecule has 110 valence electrons. The monoisotopic (exact) mass is 298 g/mol. The molecule has 0 amide bonds. The minimum Gasteiger partial charge on any atom is -0.494 e. The van der Waals surface area contributed by atoms with E-state index in [1.807, 2.05) is 0 Å². The zero-order valence-corrected chi connectivity index (χ0v) is 12.2. The largest absolute Gasteiger partial charge is 0.494 e. The Hall–Kier alpha value is -1.52. The first-order chi connectivity index (χ1) is 9.54. The second-order valence-corrected chi connectivity index (χ2v) is 4.77. The molecule has 0 bridgehead atoms. The highest BCUT2D eigenvalue weighted by Crippen LogP contribution is 2.16. The first kappa shape index (κ1) is 16.5. The molecule has 0 aromatic heterocycles. The van der Waals surface area contributed by atoms with Gasteiger partial charge in [-0.25, -0.2) is 4.79 Å². The van der Waals surface area contributed by atoms with Gasteiger partial charge in [0.15, 0.2) is 0 Å². The minimum atomic E-state index is -0.863. The van der Waals surface area contributed by atoms with E-state index in [2.05, 4.69) is 11.3 Å². The number of aliphatic hydroxyl groups excluding tert-OH is 1. The Labute approximate surface area is 124 Å². The highest BCUT2D eigenvalue weighted by Gasteiger charge is 2.16. The zero-order valence-electron chi connectivity index (χ0n) is 11.5. The Morgan fingerprint density at radius 1 is 1.35 bits per heavy atom. The van der Waals surface area contributed by atoms with Crippen molar-refractivity contribution in [3.8, 4) is 5.75 Å². The highest BCUT2D eigenvalue weighted by molar-refractivity contribution is 6.30. The molecule has 0 radical (unpaired) electrons. The van der Waals surface area contributed by atoms with Gasteiger partial charge in [0.1, 0.15) is 5.75 Å². The van der Waals surface area contributed by atoms with Crippen molar-refractivity contribution in [1.29, 1.82) is 0 Å².